The fraction of sp³-hybridized carbons (Fsp3) is 0.0667. The van der Waals surface area contributed by atoms with Crippen molar-refractivity contribution in [2.75, 3.05) is 0 Å². The topological polar surface area (TPSA) is 39.2 Å². The lowest BCUT2D eigenvalue weighted by Gasteiger charge is -2.05. The van der Waals surface area contributed by atoms with E-state index in [-0.39, 0.29) is 0 Å². The molecule has 3 rings (SSSR count). The second-order valence-electron chi connectivity index (χ2n) is 4.07. The van der Waals surface area contributed by atoms with Crippen molar-refractivity contribution in [2.24, 2.45) is 0 Å². The average Bonchev–Trinajstić information content (AvgIpc) is 2.90. The Kier molecular flexibility index (Phi) is 3.25. The third kappa shape index (κ3) is 2.48. The van der Waals surface area contributed by atoms with E-state index in [0.717, 1.165) is 21.9 Å². The van der Waals surface area contributed by atoms with Gasteiger partial charge in [-0.05, 0) is 17.7 Å². The van der Waals surface area contributed by atoms with Gasteiger partial charge in [0.2, 0.25) is 5.88 Å². The zero-order chi connectivity index (χ0) is 13.1. The van der Waals surface area contributed by atoms with Crippen LogP contribution in [-0.2, 0) is 6.61 Å². The van der Waals surface area contributed by atoms with Gasteiger partial charge in [0.15, 0.2) is 6.29 Å². The van der Waals surface area contributed by atoms with Gasteiger partial charge in [0.05, 0.1) is 10.3 Å². The van der Waals surface area contributed by atoms with Gasteiger partial charge in [-0.2, -0.15) is 0 Å². The lowest BCUT2D eigenvalue weighted by Crippen LogP contribution is -1.96. The summed E-state index contributed by atoms with van der Waals surface area (Å²) >= 11 is 1.45. The Morgan fingerprint density at radius 3 is 2.84 bits per heavy atom. The van der Waals surface area contributed by atoms with E-state index in [2.05, 4.69) is 4.98 Å². The van der Waals surface area contributed by atoms with Crippen molar-refractivity contribution in [3.8, 4) is 5.88 Å². The van der Waals surface area contributed by atoms with Crippen molar-refractivity contribution in [1.82, 2.24) is 4.98 Å². The Bertz CT molecular complexity index is 706. The second-order valence-corrected chi connectivity index (χ2v) is 5.18. The van der Waals surface area contributed by atoms with Gasteiger partial charge >= 0.3 is 0 Å². The highest BCUT2D eigenvalue weighted by atomic mass is 32.1. The molecule has 0 saturated carbocycles. The van der Waals surface area contributed by atoms with Crippen LogP contribution < -0.4 is 4.74 Å². The van der Waals surface area contributed by atoms with E-state index in [4.69, 9.17) is 4.74 Å². The Balaban J connectivity index is 1.88. The van der Waals surface area contributed by atoms with Gasteiger partial charge in [-0.1, -0.05) is 30.3 Å². The standard InChI is InChI=1S/C15H11NO2S/c17-9-12-8-13-14(19-12)6-7-16-15(13)18-10-11-4-2-1-3-5-11/h1-9H,10H2. The molecule has 19 heavy (non-hydrogen) atoms. The maximum atomic E-state index is 10.8. The van der Waals surface area contributed by atoms with Crippen LogP contribution >= 0.6 is 11.3 Å². The monoisotopic (exact) mass is 269 g/mol. The zero-order valence-electron chi connectivity index (χ0n) is 10.1. The van der Waals surface area contributed by atoms with Crippen LogP contribution in [-0.4, -0.2) is 11.3 Å². The number of ether oxygens (including phenoxy) is 1. The van der Waals surface area contributed by atoms with Crippen LogP contribution in [0.3, 0.4) is 0 Å². The largest absolute Gasteiger partial charge is 0.472 e. The van der Waals surface area contributed by atoms with Gasteiger partial charge in [-0.15, -0.1) is 11.3 Å². The van der Waals surface area contributed by atoms with Crippen molar-refractivity contribution in [3.05, 3.63) is 59.1 Å². The number of hydrogen-bond acceptors (Lipinski definition) is 4. The highest BCUT2D eigenvalue weighted by molar-refractivity contribution is 7.20. The Morgan fingerprint density at radius 1 is 1.21 bits per heavy atom. The summed E-state index contributed by atoms with van der Waals surface area (Å²) in [5.74, 6) is 0.575. The maximum Gasteiger partial charge on any atom is 0.222 e. The molecule has 0 fully saturated rings. The number of nitrogens with zero attached hydrogens (tertiary/aromatic N) is 1. The molecule has 0 saturated heterocycles. The van der Waals surface area contributed by atoms with E-state index < -0.39 is 0 Å². The molecule has 2 aromatic heterocycles. The van der Waals surface area contributed by atoms with Gasteiger partial charge in [0, 0.05) is 10.9 Å². The molecule has 0 amide bonds. The predicted molar refractivity (Wildman–Crippen MR) is 75.8 cm³/mol. The number of benzene rings is 1. The number of carbonyl (C=O) groups is 1. The quantitative estimate of drug-likeness (QED) is 0.678. The molecule has 0 aliphatic heterocycles. The fourth-order valence-corrected chi connectivity index (χ4v) is 2.72. The van der Waals surface area contributed by atoms with E-state index in [1.54, 1.807) is 6.20 Å². The highest BCUT2D eigenvalue weighted by Crippen LogP contribution is 2.30. The van der Waals surface area contributed by atoms with Crippen molar-refractivity contribution in [1.29, 1.82) is 0 Å². The molecule has 0 atom stereocenters. The van der Waals surface area contributed by atoms with Crippen molar-refractivity contribution in [2.45, 2.75) is 6.61 Å². The molecule has 0 aliphatic carbocycles. The smallest absolute Gasteiger partial charge is 0.222 e. The molecule has 4 heteroatoms. The van der Waals surface area contributed by atoms with Crippen LogP contribution in [0.5, 0.6) is 5.88 Å². The minimum absolute atomic E-state index is 0.471. The Morgan fingerprint density at radius 2 is 2.05 bits per heavy atom. The minimum Gasteiger partial charge on any atom is -0.472 e. The van der Waals surface area contributed by atoms with Crippen LogP contribution in [0, 0.1) is 0 Å². The van der Waals surface area contributed by atoms with Crippen LogP contribution in [0.15, 0.2) is 48.7 Å². The van der Waals surface area contributed by atoms with Gasteiger partial charge in [-0.25, -0.2) is 4.98 Å². The molecule has 0 unspecified atom stereocenters. The van der Waals surface area contributed by atoms with Crippen LogP contribution in [0.2, 0.25) is 0 Å². The number of rotatable bonds is 4. The number of thiophene rings is 1. The number of carbonyl (C=O) groups excluding carboxylic acids is 1. The van der Waals surface area contributed by atoms with E-state index in [1.165, 1.54) is 11.3 Å². The first-order valence-corrected chi connectivity index (χ1v) is 6.69. The van der Waals surface area contributed by atoms with Crippen LogP contribution in [0.1, 0.15) is 15.2 Å². The van der Waals surface area contributed by atoms with Crippen LogP contribution in [0.4, 0.5) is 0 Å². The molecule has 3 nitrogen and oxygen atoms in total. The number of fused-ring (bicyclic) bond motifs is 1. The zero-order valence-corrected chi connectivity index (χ0v) is 10.9. The lowest BCUT2D eigenvalue weighted by atomic mass is 10.2. The molecule has 1 aromatic carbocycles. The average molecular weight is 269 g/mol. The van der Waals surface area contributed by atoms with Gasteiger partial charge in [0.25, 0.3) is 0 Å². The summed E-state index contributed by atoms with van der Waals surface area (Å²) in [5.41, 5.74) is 1.09. The lowest BCUT2D eigenvalue weighted by molar-refractivity contribution is 0.112. The Hall–Kier alpha value is -2.20. The van der Waals surface area contributed by atoms with Crippen LogP contribution in [0.25, 0.3) is 10.1 Å². The van der Waals surface area contributed by atoms with E-state index >= 15 is 0 Å². The van der Waals surface area contributed by atoms with Crippen molar-refractivity contribution in [3.63, 3.8) is 0 Å². The molecule has 2 heterocycles. The summed E-state index contributed by atoms with van der Waals surface area (Å²) in [6.45, 7) is 0.471. The summed E-state index contributed by atoms with van der Waals surface area (Å²) in [6, 6.07) is 13.6. The maximum absolute atomic E-state index is 10.8. The third-order valence-corrected chi connectivity index (χ3v) is 3.79. The number of aldehydes is 1. The van der Waals surface area contributed by atoms with Gasteiger partial charge < -0.3 is 4.74 Å². The summed E-state index contributed by atoms with van der Waals surface area (Å²) < 4.78 is 6.76. The first-order chi connectivity index (χ1) is 9.36. The van der Waals surface area contributed by atoms with Gasteiger partial charge in [0.1, 0.15) is 6.61 Å². The number of pyridine rings is 1. The molecular weight excluding hydrogens is 258 g/mol. The Labute approximate surface area is 114 Å². The second kappa shape index (κ2) is 5.20. The molecule has 0 N–H and O–H groups in total. The summed E-state index contributed by atoms with van der Waals surface area (Å²) in [6.07, 6.45) is 2.55. The van der Waals surface area contributed by atoms with E-state index in [0.29, 0.717) is 17.4 Å². The summed E-state index contributed by atoms with van der Waals surface area (Å²) in [7, 11) is 0. The molecule has 3 aromatic rings. The summed E-state index contributed by atoms with van der Waals surface area (Å²) in [5, 5.41) is 0.894. The molecule has 0 bridgehead atoms. The first kappa shape index (κ1) is 11.9. The molecule has 94 valence electrons. The first-order valence-electron chi connectivity index (χ1n) is 5.87. The highest BCUT2D eigenvalue weighted by Gasteiger charge is 2.08. The fourth-order valence-electron chi connectivity index (χ4n) is 1.86. The van der Waals surface area contributed by atoms with Crippen molar-refractivity contribution < 1.29 is 9.53 Å². The molecule has 0 radical (unpaired) electrons. The SMILES string of the molecule is O=Cc1cc2c(OCc3ccccc3)nccc2s1. The third-order valence-electron chi connectivity index (χ3n) is 2.76. The van der Waals surface area contributed by atoms with Gasteiger partial charge in [-0.3, -0.25) is 4.79 Å². The number of hydrogen-bond donors (Lipinski definition) is 0. The minimum atomic E-state index is 0.471. The predicted octanol–water partition coefficient (Wildman–Crippen LogP) is 3.69. The summed E-state index contributed by atoms with van der Waals surface area (Å²) in [4.78, 5) is 15.7. The van der Waals surface area contributed by atoms with Crippen molar-refractivity contribution >= 4 is 27.7 Å². The van der Waals surface area contributed by atoms with E-state index in [9.17, 15) is 4.79 Å². The molecule has 0 spiro atoms. The number of aromatic nitrogens is 1. The molecular formula is C15H11NO2S. The normalized spacial score (nSPS) is 10.5. The van der Waals surface area contributed by atoms with E-state index in [1.807, 2.05) is 42.5 Å². The molecule has 0 aliphatic rings.